The minimum Gasteiger partial charge on any atom is -0.366 e. The lowest BCUT2D eigenvalue weighted by atomic mass is 9.65. The molecule has 0 radical (unpaired) electrons. The highest BCUT2D eigenvalue weighted by atomic mass is 19.3. The van der Waals surface area contributed by atoms with Gasteiger partial charge in [0.15, 0.2) is 0 Å². The molecule has 2 heterocycles. The predicted molar refractivity (Wildman–Crippen MR) is 86.9 cm³/mol. The number of hydrogen-bond donors (Lipinski definition) is 1. The van der Waals surface area contributed by atoms with Gasteiger partial charge in [-0.25, -0.2) is 8.78 Å². The van der Waals surface area contributed by atoms with Gasteiger partial charge in [0.2, 0.25) is 17.8 Å². The number of H-pyrrole nitrogens is 1. The third kappa shape index (κ3) is 3.06. The van der Waals surface area contributed by atoms with Crippen molar-refractivity contribution in [1.82, 2.24) is 9.88 Å². The van der Waals surface area contributed by atoms with Crippen LogP contribution in [-0.4, -0.2) is 28.8 Å². The van der Waals surface area contributed by atoms with Crippen LogP contribution in [0.15, 0.2) is 17.2 Å². The number of alkyl halides is 2. The van der Waals surface area contributed by atoms with E-state index in [9.17, 15) is 18.4 Å². The topological polar surface area (TPSA) is 77.0 Å². The molecule has 1 amide bonds. The van der Waals surface area contributed by atoms with E-state index in [1.165, 1.54) is 12.4 Å². The van der Waals surface area contributed by atoms with E-state index in [1.807, 2.05) is 13.0 Å². The average molecular weight is 349 g/mol. The van der Waals surface area contributed by atoms with Crippen molar-refractivity contribution in [2.24, 2.45) is 11.3 Å². The van der Waals surface area contributed by atoms with E-state index in [-0.39, 0.29) is 17.4 Å². The molecule has 2 fully saturated rings. The molecule has 25 heavy (non-hydrogen) atoms. The highest BCUT2D eigenvalue weighted by Gasteiger charge is 2.50. The van der Waals surface area contributed by atoms with Gasteiger partial charge in [-0.1, -0.05) is 13.3 Å². The van der Waals surface area contributed by atoms with Gasteiger partial charge in [-0.05, 0) is 25.2 Å². The van der Waals surface area contributed by atoms with Crippen LogP contribution in [0.2, 0.25) is 0 Å². The molecule has 1 N–H and O–H groups in total. The van der Waals surface area contributed by atoms with Crippen LogP contribution in [-0.2, 0) is 4.79 Å². The summed E-state index contributed by atoms with van der Waals surface area (Å²) in [5, 5.41) is 9.05. The maximum absolute atomic E-state index is 13.1. The Morgan fingerprint density at radius 3 is 2.76 bits per heavy atom. The molecular weight excluding hydrogens is 328 g/mol. The Hall–Kier alpha value is -2.23. The number of amides is 1. The Morgan fingerprint density at radius 2 is 2.20 bits per heavy atom. The van der Waals surface area contributed by atoms with Gasteiger partial charge >= 0.3 is 0 Å². The largest absolute Gasteiger partial charge is 0.366 e. The minimum absolute atomic E-state index is 0.00427. The van der Waals surface area contributed by atoms with Gasteiger partial charge in [-0.15, -0.1) is 0 Å². The maximum Gasteiger partial charge on any atom is 0.239 e. The minimum atomic E-state index is -2.52. The predicted octanol–water partition coefficient (Wildman–Crippen LogP) is 2.98. The van der Waals surface area contributed by atoms with Crippen LogP contribution in [0, 0.1) is 22.7 Å². The molecule has 1 saturated heterocycles. The molecule has 1 aliphatic carbocycles. The fourth-order valence-electron chi connectivity index (χ4n) is 4.11. The van der Waals surface area contributed by atoms with Gasteiger partial charge < -0.3 is 9.88 Å². The van der Waals surface area contributed by atoms with E-state index in [1.54, 1.807) is 4.90 Å². The molecule has 0 unspecified atom stereocenters. The zero-order valence-corrected chi connectivity index (χ0v) is 14.1. The summed E-state index contributed by atoms with van der Waals surface area (Å²) in [5.74, 6) is -0.0991. The Bertz CT molecular complexity index is 764. The van der Waals surface area contributed by atoms with Crippen LogP contribution < -0.4 is 5.43 Å². The van der Waals surface area contributed by atoms with Gasteiger partial charge in [-0.2, -0.15) is 5.26 Å². The molecule has 7 heteroatoms. The molecule has 0 bridgehead atoms. The summed E-state index contributed by atoms with van der Waals surface area (Å²) in [6.45, 7) is 2.42. The molecular formula is C18H21F2N3O2. The van der Waals surface area contributed by atoms with Crippen molar-refractivity contribution in [3.63, 3.8) is 0 Å². The lowest BCUT2D eigenvalue weighted by Crippen LogP contribution is -2.49. The van der Waals surface area contributed by atoms with Gasteiger partial charge in [0, 0.05) is 30.9 Å². The second-order valence-electron chi connectivity index (χ2n) is 7.31. The standard InChI is InChI=1S/C18H21F2N3O2/c1-11-5-14(13-9-22-8-12(7-21)16(13)24)23(10-11)17(25)18(3-2-4-18)6-15(19)20/h8-9,11,14-15H,2-6,10H2,1H3,(H,22,24)/t11-,14+/m1/s1. The molecule has 3 rings (SSSR count). The van der Waals surface area contributed by atoms with Crippen LogP contribution in [0.1, 0.15) is 56.2 Å². The average Bonchev–Trinajstić information content (AvgIpc) is 2.92. The first-order valence-corrected chi connectivity index (χ1v) is 8.58. The van der Waals surface area contributed by atoms with E-state index in [0.29, 0.717) is 31.4 Å². The Labute approximate surface area is 144 Å². The number of aromatic nitrogens is 1. The Morgan fingerprint density at radius 1 is 1.48 bits per heavy atom. The normalized spacial score (nSPS) is 24.8. The van der Waals surface area contributed by atoms with E-state index in [0.717, 1.165) is 6.42 Å². The monoisotopic (exact) mass is 349 g/mol. The van der Waals surface area contributed by atoms with Gasteiger partial charge in [0.05, 0.1) is 11.5 Å². The van der Waals surface area contributed by atoms with Crippen LogP contribution in [0.5, 0.6) is 0 Å². The van der Waals surface area contributed by atoms with Crippen LogP contribution >= 0.6 is 0 Å². The summed E-state index contributed by atoms with van der Waals surface area (Å²) >= 11 is 0. The summed E-state index contributed by atoms with van der Waals surface area (Å²) in [5.41, 5.74) is -1.02. The molecule has 1 aromatic rings. The fourth-order valence-corrected chi connectivity index (χ4v) is 4.11. The van der Waals surface area contributed by atoms with Crippen molar-refractivity contribution in [3.8, 4) is 6.07 Å². The van der Waals surface area contributed by atoms with Crippen LogP contribution in [0.25, 0.3) is 0 Å². The van der Waals surface area contributed by atoms with Crippen molar-refractivity contribution in [3.05, 3.63) is 33.7 Å². The maximum atomic E-state index is 13.1. The van der Waals surface area contributed by atoms with Gasteiger partial charge in [-0.3, -0.25) is 9.59 Å². The number of rotatable bonds is 4. The number of hydrogen-bond acceptors (Lipinski definition) is 3. The fraction of sp³-hybridized carbons (Fsp3) is 0.611. The Balaban J connectivity index is 1.94. The molecule has 134 valence electrons. The molecule has 0 spiro atoms. The smallest absolute Gasteiger partial charge is 0.239 e. The molecule has 1 aliphatic heterocycles. The highest BCUT2D eigenvalue weighted by Crippen LogP contribution is 2.49. The summed E-state index contributed by atoms with van der Waals surface area (Å²) in [6, 6.07) is 1.38. The molecule has 0 aromatic carbocycles. The number of nitriles is 1. The lowest BCUT2D eigenvalue weighted by molar-refractivity contribution is -0.152. The first kappa shape index (κ1) is 17.6. The Kier molecular flexibility index (Phi) is 4.63. The van der Waals surface area contributed by atoms with Crippen molar-refractivity contribution in [2.45, 2.75) is 51.5 Å². The van der Waals surface area contributed by atoms with E-state index >= 15 is 0 Å². The van der Waals surface area contributed by atoms with Crippen molar-refractivity contribution >= 4 is 5.91 Å². The number of carbonyl (C=O) groups is 1. The first-order valence-electron chi connectivity index (χ1n) is 8.58. The summed E-state index contributed by atoms with van der Waals surface area (Å²) in [6.07, 6.45) is 2.23. The van der Waals surface area contributed by atoms with E-state index in [4.69, 9.17) is 5.26 Å². The molecule has 1 aromatic heterocycles. The first-order chi connectivity index (χ1) is 11.9. The van der Waals surface area contributed by atoms with Crippen LogP contribution in [0.3, 0.4) is 0 Å². The zero-order valence-electron chi connectivity index (χ0n) is 14.1. The molecule has 2 atom stereocenters. The second kappa shape index (κ2) is 6.58. The second-order valence-corrected chi connectivity index (χ2v) is 7.31. The lowest BCUT2D eigenvalue weighted by Gasteiger charge is -2.44. The van der Waals surface area contributed by atoms with Crippen molar-refractivity contribution < 1.29 is 13.6 Å². The number of carbonyl (C=O) groups excluding carboxylic acids is 1. The number of nitrogens with one attached hydrogen (secondary N) is 1. The number of nitrogens with zero attached hydrogens (tertiary/aromatic N) is 2. The number of pyridine rings is 1. The summed E-state index contributed by atoms with van der Waals surface area (Å²) in [4.78, 5) is 30.0. The van der Waals surface area contributed by atoms with Gasteiger partial charge in [0.1, 0.15) is 11.6 Å². The highest BCUT2D eigenvalue weighted by molar-refractivity contribution is 5.84. The van der Waals surface area contributed by atoms with Crippen LogP contribution in [0.4, 0.5) is 8.78 Å². The van der Waals surface area contributed by atoms with Crippen molar-refractivity contribution in [2.75, 3.05) is 6.54 Å². The third-order valence-electron chi connectivity index (χ3n) is 5.53. The molecule has 2 aliphatic rings. The number of aromatic amines is 1. The van der Waals surface area contributed by atoms with E-state index < -0.39 is 29.7 Å². The zero-order chi connectivity index (χ0) is 18.2. The third-order valence-corrected chi connectivity index (χ3v) is 5.53. The quantitative estimate of drug-likeness (QED) is 0.908. The van der Waals surface area contributed by atoms with E-state index in [2.05, 4.69) is 4.98 Å². The van der Waals surface area contributed by atoms with Gasteiger partial charge in [0.25, 0.3) is 0 Å². The summed E-state index contributed by atoms with van der Waals surface area (Å²) in [7, 11) is 0. The number of halogens is 2. The SMILES string of the molecule is C[C@@H]1C[C@@H](c2c[nH]cc(C#N)c2=O)N(C(=O)C2(CC(F)F)CCC2)C1. The van der Waals surface area contributed by atoms with Crippen molar-refractivity contribution in [1.29, 1.82) is 5.26 Å². The molecule has 1 saturated carbocycles. The summed E-state index contributed by atoms with van der Waals surface area (Å²) < 4.78 is 26.0. The molecule has 5 nitrogen and oxygen atoms in total. The number of likely N-dealkylation sites (tertiary alicyclic amines) is 1.